The standard InChI is InChI=1S/C16H26N2O4/c1-4-11(5-2)22-13-8-10(16(20)21-6-3)7-12-15(13)17-9-14(19)18-12/h8,11-13,15,17H,4-7,9H2,1-3H3,(H,18,19)/t12-,13+,15+/m0/s1. The number of nitrogens with one attached hydrogen (secondary N) is 2. The van der Waals surface area contributed by atoms with Gasteiger partial charge in [-0.05, 0) is 25.8 Å². The Morgan fingerprint density at radius 1 is 1.36 bits per heavy atom. The van der Waals surface area contributed by atoms with Crippen LogP contribution in [0.2, 0.25) is 0 Å². The van der Waals surface area contributed by atoms with Crippen molar-refractivity contribution in [3.05, 3.63) is 11.6 Å². The lowest BCUT2D eigenvalue weighted by Crippen LogP contribution is -2.64. The Morgan fingerprint density at radius 3 is 2.73 bits per heavy atom. The molecule has 3 atom stereocenters. The highest BCUT2D eigenvalue weighted by molar-refractivity contribution is 5.89. The molecule has 0 unspecified atom stereocenters. The molecule has 2 N–H and O–H groups in total. The summed E-state index contributed by atoms with van der Waals surface area (Å²) in [5.41, 5.74) is 0.586. The second-order valence-corrected chi connectivity index (χ2v) is 5.74. The first-order chi connectivity index (χ1) is 10.6. The SMILES string of the molecule is CCOC(=O)C1=C[C@@H](OC(CC)CC)[C@@H]2NCC(=O)N[C@H]2C1. The van der Waals surface area contributed by atoms with Gasteiger partial charge >= 0.3 is 5.97 Å². The van der Waals surface area contributed by atoms with Crippen molar-refractivity contribution in [2.75, 3.05) is 13.2 Å². The van der Waals surface area contributed by atoms with Crippen LogP contribution in [-0.2, 0) is 19.1 Å². The number of amides is 1. The molecule has 124 valence electrons. The highest BCUT2D eigenvalue weighted by atomic mass is 16.5. The third-order valence-corrected chi connectivity index (χ3v) is 4.24. The van der Waals surface area contributed by atoms with E-state index in [1.165, 1.54) is 0 Å². The third-order valence-electron chi connectivity index (χ3n) is 4.24. The van der Waals surface area contributed by atoms with Crippen LogP contribution in [-0.4, -0.2) is 49.3 Å². The minimum absolute atomic E-state index is 0.00326. The maximum Gasteiger partial charge on any atom is 0.333 e. The van der Waals surface area contributed by atoms with E-state index in [9.17, 15) is 9.59 Å². The summed E-state index contributed by atoms with van der Waals surface area (Å²) in [4.78, 5) is 23.7. The summed E-state index contributed by atoms with van der Waals surface area (Å²) >= 11 is 0. The number of piperazine rings is 1. The molecule has 6 nitrogen and oxygen atoms in total. The predicted molar refractivity (Wildman–Crippen MR) is 82.3 cm³/mol. The molecule has 0 spiro atoms. The van der Waals surface area contributed by atoms with Gasteiger partial charge in [-0.2, -0.15) is 0 Å². The molecular weight excluding hydrogens is 284 g/mol. The molecule has 22 heavy (non-hydrogen) atoms. The van der Waals surface area contributed by atoms with E-state index in [0.29, 0.717) is 18.6 Å². The number of ether oxygens (including phenoxy) is 2. The van der Waals surface area contributed by atoms with Crippen LogP contribution in [0, 0.1) is 0 Å². The second kappa shape index (κ2) is 7.74. The zero-order valence-electron chi connectivity index (χ0n) is 13.6. The van der Waals surface area contributed by atoms with Gasteiger partial charge in [0.1, 0.15) is 0 Å². The van der Waals surface area contributed by atoms with Gasteiger partial charge in [-0.1, -0.05) is 13.8 Å². The molecule has 0 bridgehead atoms. The lowest BCUT2D eigenvalue weighted by atomic mass is 9.86. The van der Waals surface area contributed by atoms with E-state index in [4.69, 9.17) is 9.47 Å². The molecule has 0 aromatic rings. The largest absolute Gasteiger partial charge is 0.463 e. The van der Waals surface area contributed by atoms with Crippen LogP contribution in [0.1, 0.15) is 40.0 Å². The second-order valence-electron chi connectivity index (χ2n) is 5.74. The first kappa shape index (κ1) is 17.0. The molecule has 1 aliphatic carbocycles. The number of fused-ring (bicyclic) bond motifs is 1. The van der Waals surface area contributed by atoms with E-state index >= 15 is 0 Å². The summed E-state index contributed by atoms with van der Waals surface area (Å²) in [6.45, 7) is 6.58. The lowest BCUT2D eigenvalue weighted by molar-refractivity contribution is -0.139. The normalized spacial score (nSPS) is 27.9. The van der Waals surface area contributed by atoms with Gasteiger partial charge < -0.3 is 20.1 Å². The van der Waals surface area contributed by atoms with Gasteiger partial charge in [-0.3, -0.25) is 4.79 Å². The van der Waals surface area contributed by atoms with Gasteiger partial charge in [-0.25, -0.2) is 4.79 Å². The Bertz CT molecular complexity index is 445. The van der Waals surface area contributed by atoms with E-state index in [0.717, 1.165) is 12.8 Å². The Labute approximate surface area is 131 Å². The average Bonchev–Trinajstić information content (AvgIpc) is 2.51. The maximum atomic E-state index is 12.0. The minimum atomic E-state index is -0.320. The quantitative estimate of drug-likeness (QED) is 0.713. The maximum absolute atomic E-state index is 12.0. The molecule has 0 aromatic carbocycles. The van der Waals surface area contributed by atoms with Gasteiger partial charge in [-0.15, -0.1) is 0 Å². The summed E-state index contributed by atoms with van der Waals surface area (Å²) in [6, 6.07) is -0.138. The highest BCUT2D eigenvalue weighted by Crippen LogP contribution is 2.26. The van der Waals surface area contributed by atoms with Crippen molar-refractivity contribution in [2.24, 2.45) is 0 Å². The van der Waals surface area contributed by atoms with E-state index in [-0.39, 0.29) is 42.7 Å². The number of hydrogen-bond acceptors (Lipinski definition) is 5. The topological polar surface area (TPSA) is 76.7 Å². The van der Waals surface area contributed by atoms with Crippen LogP contribution < -0.4 is 10.6 Å². The zero-order chi connectivity index (χ0) is 16.1. The number of rotatable bonds is 6. The van der Waals surface area contributed by atoms with Gasteiger partial charge in [0.25, 0.3) is 0 Å². The summed E-state index contributed by atoms with van der Waals surface area (Å²) in [6.07, 6.45) is 4.08. The molecule has 0 aromatic heterocycles. The molecule has 1 saturated heterocycles. The van der Waals surface area contributed by atoms with Crippen LogP contribution in [0.3, 0.4) is 0 Å². The van der Waals surface area contributed by atoms with Crippen LogP contribution in [0.15, 0.2) is 11.6 Å². The first-order valence-corrected chi connectivity index (χ1v) is 8.15. The lowest BCUT2D eigenvalue weighted by Gasteiger charge is -2.41. The highest BCUT2D eigenvalue weighted by Gasteiger charge is 2.40. The van der Waals surface area contributed by atoms with Crippen LogP contribution in [0.5, 0.6) is 0 Å². The fourth-order valence-electron chi connectivity index (χ4n) is 3.03. The summed E-state index contributed by atoms with van der Waals surface area (Å²) in [5.74, 6) is -0.369. The molecule has 1 heterocycles. The van der Waals surface area contributed by atoms with E-state index < -0.39 is 0 Å². The fourth-order valence-corrected chi connectivity index (χ4v) is 3.03. The monoisotopic (exact) mass is 310 g/mol. The van der Waals surface area contributed by atoms with Crippen molar-refractivity contribution in [3.63, 3.8) is 0 Å². The Kier molecular flexibility index (Phi) is 5.97. The Hall–Kier alpha value is -1.40. The van der Waals surface area contributed by atoms with E-state index in [1.807, 2.05) is 6.08 Å². The van der Waals surface area contributed by atoms with E-state index in [1.54, 1.807) is 6.92 Å². The third kappa shape index (κ3) is 3.87. The smallest absolute Gasteiger partial charge is 0.333 e. The van der Waals surface area contributed by atoms with Crippen LogP contribution in [0.4, 0.5) is 0 Å². The zero-order valence-corrected chi connectivity index (χ0v) is 13.6. The predicted octanol–water partition coefficient (Wildman–Crippen LogP) is 0.910. The molecule has 1 amide bonds. The first-order valence-electron chi connectivity index (χ1n) is 8.15. The van der Waals surface area contributed by atoms with Crippen LogP contribution >= 0.6 is 0 Å². The molecule has 2 rings (SSSR count). The molecule has 0 saturated carbocycles. The molecule has 6 heteroatoms. The van der Waals surface area contributed by atoms with Crippen molar-refractivity contribution in [1.82, 2.24) is 10.6 Å². The Morgan fingerprint density at radius 2 is 2.09 bits per heavy atom. The van der Waals surface area contributed by atoms with Crippen molar-refractivity contribution < 1.29 is 19.1 Å². The molecule has 1 fully saturated rings. The van der Waals surface area contributed by atoms with Crippen molar-refractivity contribution in [1.29, 1.82) is 0 Å². The van der Waals surface area contributed by atoms with Crippen molar-refractivity contribution >= 4 is 11.9 Å². The van der Waals surface area contributed by atoms with E-state index in [2.05, 4.69) is 24.5 Å². The number of hydrogen-bond donors (Lipinski definition) is 2. The molecule has 2 aliphatic rings. The number of esters is 1. The van der Waals surface area contributed by atoms with Gasteiger partial charge in [0, 0.05) is 12.0 Å². The van der Waals surface area contributed by atoms with Crippen LogP contribution in [0.25, 0.3) is 0 Å². The molecule has 0 radical (unpaired) electrons. The van der Waals surface area contributed by atoms with Gasteiger partial charge in [0.15, 0.2) is 0 Å². The van der Waals surface area contributed by atoms with Gasteiger partial charge in [0.2, 0.25) is 5.91 Å². The Balaban J connectivity index is 2.19. The average molecular weight is 310 g/mol. The molecular formula is C16H26N2O4. The minimum Gasteiger partial charge on any atom is -0.463 e. The molecule has 1 aliphatic heterocycles. The fraction of sp³-hybridized carbons (Fsp3) is 0.750. The summed E-state index contributed by atoms with van der Waals surface area (Å²) in [5, 5.41) is 6.19. The van der Waals surface area contributed by atoms with Gasteiger partial charge in [0.05, 0.1) is 37.4 Å². The van der Waals surface area contributed by atoms with Crippen molar-refractivity contribution in [3.8, 4) is 0 Å². The number of carbonyl (C=O) groups is 2. The summed E-state index contributed by atoms with van der Waals surface area (Å²) in [7, 11) is 0. The summed E-state index contributed by atoms with van der Waals surface area (Å²) < 4.78 is 11.3. The van der Waals surface area contributed by atoms with Crippen molar-refractivity contribution in [2.45, 2.75) is 64.3 Å². The number of carbonyl (C=O) groups excluding carboxylic acids is 2.